The van der Waals surface area contributed by atoms with E-state index in [1.165, 1.54) is 12.1 Å². The van der Waals surface area contributed by atoms with Crippen LogP contribution in [0.15, 0.2) is 48.5 Å². The molecule has 1 heterocycles. The van der Waals surface area contributed by atoms with E-state index in [2.05, 4.69) is 4.90 Å². The van der Waals surface area contributed by atoms with E-state index >= 15 is 0 Å². The predicted molar refractivity (Wildman–Crippen MR) is 90.6 cm³/mol. The molecule has 1 aliphatic rings. The molecule has 0 atom stereocenters. The molecule has 1 aliphatic heterocycles. The lowest BCUT2D eigenvalue weighted by atomic mass is 10.1. The number of nitrogens with zero attached hydrogens (tertiary/aromatic N) is 2. The summed E-state index contributed by atoms with van der Waals surface area (Å²) in [7, 11) is 1.59. The number of amides is 1. The van der Waals surface area contributed by atoms with E-state index < -0.39 is 0 Å². The molecule has 0 saturated carbocycles. The highest BCUT2D eigenvalue weighted by atomic mass is 19.1. The molecule has 24 heavy (non-hydrogen) atoms. The molecule has 5 heteroatoms. The first-order valence-corrected chi connectivity index (χ1v) is 8.06. The maximum Gasteiger partial charge on any atom is 0.253 e. The van der Waals surface area contributed by atoms with Crippen molar-refractivity contribution in [3.8, 4) is 5.75 Å². The van der Waals surface area contributed by atoms with E-state index in [9.17, 15) is 9.18 Å². The number of ether oxygens (including phenoxy) is 1. The van der Waals surface area contributed by atoms with Gasteiger partial charge >= 0.3 is 0 Å². The second-order valence-corrected chi connectivity index (χ2v) is 5.89. The molecule has 1 fully saturated rings. The summed E-state index contributed by atoms with van der Waals surface area (Å²) in [6.45, 7) is 3.49. The molecule has 126 valence electrons. The van der Waals surface area contributed by atoms with Gasteiger partial charge in [0.2, 0.25) is 0 Å². The van der Waals surface area contributed by atoms with Crippen LogP contribution in [0.5, 0.6) is 5.75 Å². The zero-order valence-corrected chi connectivity index (χ0v) is 13.7. The maximum absolute atomic E-state index is 13.5. The van der Waals surface area contributed by atoms with Crippen molar-refractivity contribution < 1.29 is 13.9 Å². The summed E-state index contributed by atoms with van der Waals surface area (Å²) in [6.07, 6.45) is 0. The maximum atomic E-state index is 13.5. The van der Waals surface area contributed by atoms with E-state index in [1.807, 2.05) is 35.2 Å². The minimum Gasteiger partial charge on any atom is -0.496 e. The summed E-state index contributed by atoms with van der Waals surface area (Å²) in [5.74, 6) is 0.501. The standard InChI is InChI=1S/C19H21FN2O2/c1-24-18-8-7-17(20)13-16(18)14-21-9-11-22(12-10-21)19(23)15-5-3-2-4-6-15/h2-8,13H,9-12,14H2,1H3. The van der Waals surface area contributed by atoms with Crippen LogP contribution in [-0.4, -0.2) is 49.0 Å². The summed E-state index contributed by atoms with van der Waals surface area (Å²) in [4.78, 5) is 16.5. The zero-order valence-electron chi connectivity index (χ0n) is 13.7. The average Bonchev–Trinajstić information content (AvgIpc) is 2.63. The second-order valence-electron chi connectivity index (χ2n) is 5.89. The van der Waals surface area contributed by atoms with Crippen LogP contribution < -0.4 is 4.74 Å². The van der Waals surface area contributed by atoms with E-state index in [1.54, 1.807) is 13.2 Å². The van der Waals surface area contributed by atoms with Crippen LogP contribution in [0.3, 0.4) is 0 Å². The molecule has 2 aromatic rings. The Labute approximate surface area is 141 Å². The number of hydrogen-bond acceptors (Lipinski definition) is 3. The third kappa shape index (κ3) is 3.74. The van der Waals surface area contributed by atoms with Gasteiger partial charge in [0.15, 0.2) is 0 Å². The van der Waals surface area contributed by atoms with Gasteiger partial charge in [-0.05, 0) is 30.3 Å². The average molecular weight is 328 g/mol. The number of rotatable bonds is 4. The molecule has 2 aromatic carbocycles. The summed E-state index contributed by atoms with van der Waals surface area (Å²) < 4.78 is 18.8. The largest absolute Gasteiger partial charge is 0.496 e. The molecular weight excluding hydrogens is 307 g/mol. The minimum atomic E-state index is -0.260. The number of benzene rings is 2. The van der Waals surface area contributed by atoms with E-state index in [0.29, 0.717) is 25.4 Å². The first kappa shape index (κ1) is 16.5. The van der Waals surface area contributed by atoms with Crippen LogP contribution >= 0.6 is 0 Å². The van der Waals surface area contributed by atoms with Gasteiger partial charge in [-0.25, -0.2) is 4.39 Å². The van der Waals surface area contributed by atoms with Crippen LogP contribution in [0.25, 0.3) is 0 Å². The lowest BCUT2D eigenvalue weighted by Crippen LogP contribution is -2.48. The van der Waals surface area contributed by atoms with Crippen molar-refractivity contribution in [1.82, 2.24) is 9.80 Å². The van der Waals surface area contributed by atoms with Crippen molar-refractivity contribution in [2.75, 3.05) is 33.3 Å². The third-order valence-electron chi connectivity index (χ3n) is 4.32. The lowest BCUT2D eigenvalue weighted by molar-refractivity contribution is 0.0627. The number of methoxy groups -OCH3 is 1. The highest BCUT2D eigenvalue weighted by Crippen LogP contribution is 2.22. The van der Waals surface area contributed by atoms with Gasteiger partial charge in [-0.1, -0.05) is 18.2 Å². The van der Waals surface area contributed by atoms with Crippen LogP contribution in [0, 0.1) is 5.82 Å². The summed E-state index contributed by atoms with van der Waals surface area (Å²) in [5.41, 5.74) is 1.55. The Kier molecular flexibility index (Phi) is 5.11. The molecule has 0 N–H and O–H groups in total. The van der Waals surface area contributed by atoms with Gasteiger partial charge in [-0.15, -0.1) is 0 Å². The number of halogens is 1. The van der Waals surface area contributed by atoms with Crippen LogP contribution in [0.2, 0.25) is 0 Å². The molecule has 0 bridgehead atoms. The topological polar surface area (TPSA) is 32.8 Å². The molecular formula is C19H21FN2O2. The van der Waals surface area contributed by atoms with Crippen LogP contribution in [0.1, 0.15) is 15.9 Å². The highest BCUT2D eigenvalue weighted by molar-refractivity contribution is 5.94. The molecule has 0 unspecified atom stereocenters. The van der Waals surface area contributed by atoms with Crippen molar-refractivity contribution in [2.24, 2.45) is 0 Å². The second kappa shape index (κ2) is 7.45. The van der Waals surface area contributed by atoms with Gasteiger partial charge in [-0.2, -0.15) is 0 Å². The highest BCUT2D eigenvalue weighted by Gasteiger charge is 2.22. The first-order chi connectivity index (χ1) is 11.7. The Balaban J connectivity index is 1.60. The Morgan fingerprint density at radius 3 is 2.46 bits per heavy atom. The first-order valence-electron chi connectivity index (χ1n) is 8.06. The lowest BCUT2D eigenvalue weighted by Gasteiger charge is -2.35. The van der Waals surface area contributed by atoms with Crippen molar-refractivity contribution in [3.63, 3.8) is 0 Å². The molecule has 1 amide bonds. The van der Waals surface area contributed by atoms with Crippen molar-refractivity contribution in [1.29, 1.82) is 0 Å². The van der Waals surface area contributed by atoms with Gasteiger partial charge in [0.1, 0.15) is 11.6 Å². The summed E-state index contributed by atoms with van der Waals surface area (Å²) >= 11 is 0. The fourth-order valence-corrected chi connectivity index (χ4v) is 2.98. The Morgan fingerprint density at radius 2 is 1.79 bits per heavy atom. The molecule has 0 spiro atoms. The number of hydrogen-bond donors (Lipinski definition) is 0. The monoisotopic (exact) mass is 328 g/mol. The normalized spacial score (nSPS) is 15.3. The van der Waals surface area contributed by atoms with Gasteiger partial charge in [0.05, 0.1) is 7.11 Å². The van der Waals surface area contributed by atoms with Crippen LogP contribution in [0.4, 0.5) is 4.39 Å². The summed E-state index contributed by atoms with van der Waals surface area (Å²) in [5, 5.41) is 0. The molecule has 0 aliphatic carbocycles. The minimum absolute atomic E-state index is 0.0681. The predicted octanol–water partition coefficient (Wildman–Crippen LogP) is 2.79. The van der Waals surface area contributed by atoms with Crippen molar-refractivity contribution >= 4 is 5.91 Å². The molecule has 4 nitrogen and oxygen atoms in total. The molecule has 1 saturated heterocycles. The smallest absolute Gasteiger partial charge is 0.253 e. The fourth-order valence-electron chi connectivity index (χ4n) is 2.98. The van der Waals surface area contributed by atoms with E-state index in [-0.39, 0.29) is 11.7 Å². The Morgan fingerprint density at radius 1 is 1.08 bits per heavy atom. The van der Waals surface area contributed by atoms with Crippen LogP contribution in [-0.2, 0) is 6.54 Å². The Hall–Kier alpha value is -2.40. The quantitative estimate of drug-likeness (QED) is 0.865. The van der Waals surface area contributed by atoms with Crippen molar-refractivity contribution in [3.05, 3.63) is 65.5 Å². The van der Waals surface area contributed by atoms with E-state index in [4.69, 9.17) is 4.74 Å². The summed E-state index contributed by atoms with van der Waals surface area (Å²) in [6, 6.07) is 13.9. The third-order valence-corrected chi connectivity index (χ3v) is 4.32. The van der Waals surface area contributed by atoms with Gasteiger partial charge in [-0.3, -0.25) is 9.69 Å². The Bertz CT molecular complexity index is 698. The van der Waals surface area contributed by atoms with Crippen molar-refractivity contribution in [2.45, 2.75) is 6.54 Å². The fraction of sp³-hybridized carbons (Fsp3) is 0.316. The SMILES string of the molecule is COc1ccc(F)cc1CN1CCN(C(=O)c2ccccc2)CC1. The zero-order chi connectivity index (χ0) is 16.9. The number of piperazine rings is 1. The number of carbonyl (C=O) groups excluding carboxylic acids is 1. The van der Waals surface area contributed by atoms with E-state index in [0.717, 1.165) is 24.2 Å². The van der Waals surface area contributed by atoms with Gasteiger partial charge in [0.25, 0.3) is 5.91 Å². The van der Waals surface area contributed by atoms with Gasteiger partial charge < -0.3 is 9.64 Å². The van der Waals surface area contributed by atoms with Gasteiger partial charge in [0, 0.05) is 43.9 Å². The number of carbonyl (C=O) groups is 1. The molecule has 3 rings (SSSR count). The molecule has 0 aromatic heterocycles. The molecule has 0 radical (unpaired) electrons.